The van der Waals surface area contributed by atoms with Gasteiger partial charge in [-0.1, -0.05) is 5.57 Å². The maximum absolute atomic E-state index is 12.7. The Bertz CT molecular complexity index is 713. The van der Waals surface area contributed by atoms with Gasteiger partial charge in [-0.15, -0.1) is 0 Å². The van der Waals surface area contributed by atoms with Crippen LogP contribution in [0.2, 0.25) is 0 Å². The van der Waals surface area contributed by atoms with Crippen LogP contribution >= 0.6 is 0 Å². The predicted molar refractivity (Wildman–Crippen MR) is 96.0 cm³/mol. The lowest BCUT2D eigenvalue weighted by molar-refractivity contribution is -0.112. The number of rotatable bonds is 6. The van der Waals surface area contributed by atoms with Gasteiger partial charge in [-0.25, -0.2) is 4.99 Å². The van der Waals surface area contributed by atoms with Crippen LogP contribution in [0.4, 0.5) is 6.01 Å². The fourth-order valence-electron chi connectivity index (χ4n) is 2.43. The van der Waals surface area contributed by atoms with Crippen molar-refractivity contribution < 1.29 is 9.21 Å². The van der Waals surface area contributed by atoms with Gasteiger partial charge in [0, 0.05) is 16.7 Å². The molecule has 6 nitrogen and oxygen atoms in total. The number of amides is 1. The summed E-state index contributed by atoms with van der Waals surface area (Å²) >= 11 is 0. The molecule has 6 heteroatoms. The third kappa shape index (κ3) is 3.93. The Kier molecular flexibility index (Phi) is 4.96. The number of oxazole rings is 1. The molecule has 1 fully saturated rings. The Morgan fingerprint density at radius 1 is 1.29 bits per heavy atom. The Labute approximate surface area is 143 Å². The normalized spacial score (nSPS) is 16.1. The highest BCUT2D eigenvalue weighted by Crippen LogP contribution is 2.36. The molecular formula is C18H26N4O2. The summed E-state index contributed by atoms with van der Waals surface area (Å²) in [4.78, 5) is 21.0. The number of carbonyl (C=O) groups is 1. The van der Waals surface area contributed by atoms with E-state index in [2.05, 4.69) is 34.3 Å². The molecule has 1 aliphatic rings. The molecule has 0 atom stereocenters. The Morgan fingerprint density at radius 3 is 2.33 bits per heavy atom. The van der Waals surface area contributed by atoms with Gasteiger partial charge in [-0.3, -0.25) is 10.1 Å². The van der Waals surface area contributed by atoms with E-state index in [0.717, 1.165) is 29.7 Å². The average Bonchev–Trinajstić information content (AvgIpc) is 3.13. The quantitative estimate of drug-likeness (QED) is 0.474. The first-order valence-corrected chi connectivity index (χ1v) is 8.06. The van der Waals surface area contributed by atoms with E-state index in [4.69, 9.17) is 4.42 Å². The minimum atomic E-state index is -0.266. The number of aryl methyl sites for hydroxylation is 2. The van der Waals surface area contributed by atoms with Crippen molar-refractivity contribution >= 4 is 18.6 Å². The van der Waals surface area contributed by atoms with E-state index >= 15 is 0 Å². The molecule has 2 rings (SSSR count). The molecule has 0 saturated heterocycles. The SMILES string of the molecule is C=N/C(NC1(C)CC1)=C(\C)C(C(=O)Nc1nc(C)c(C)o1)=C(C)C. The molecule has 1 aromatic rings. The maximum atomic E-state index is 12.7. The molecule has 1 aliphatic carbocycles. The van der Waals surface area contributed by atoms with Crippen molar-refractivity contribution in [2.24, 2.45) is 4.99 Å². The largest absolute Gasteiger partial charge is 0.428 e. The second-order valence-corrected chi connectivity index (χ2v) is 6.81. The highest BCUT2D eigenvalue weighted by Gasteiger charge is 2.38. The summed E-state index contributed by atoms with van der Waals surface area (Å²) in [5, 5.41) is 6.11. The Morgan fingerprint density at radius 2 is 1.92 bits per heavy atom. The van der Waals surface area contributed by atoms with Gasteiger partial charge in [0.05, 0.1) is 5.69 Å². The third-order valence-electron chi connectivity index (χ3n) is 4.28. The Hall–Kier alpha value is -2.37. The first-order valence-electron chi connectivity index (χ1n) is 8.06. The first-order chi connectivity index (χ1) is 11.2. The van der Waals surface area contributed by atoms with Crippen LogP contribution in [0, 0.1) is 13.8 Å². The van der Waals surface area contributed by atoms with Crippen molar-refractivity contribution in [1.82, 2.24) is 10.3 Å². The second kappa shape index (κ2) is 6.63. The molecule has 1 aromatic heterocycles. The van der Waals surface area contributed by atoms with Gasteiger partial charge in [0.2, 0.25) is 0 Å². The van der Waals surface area contributed by atoms with Crippen LogP contribution in [0.15, 0.2) is 31.9 Å². The molecule has 1 saturated carbocycles. The van der Waals surface area contributed by atoms with Crippen LogP contribution in [-0.4, -0.2) is 23.1 Å². The van der Waals surface area contributed by atoms with Crippen LogP contribution in [0.5, 0.6) is 0 Å². The summed E-state index contributed by atoms with van der Waals surface area (Å²) < 4.78 is 5.44. The summed E-state index contributed by atoms with van der Waals surface area (Å²) in [6, 6.07) is 0.205. The fourth-order valence-corrected chi connectivity index (χ4v) is 2.43. The van der Waals surface area contributed by atoms with Crippen LogP contribution in [0.3, 0.4) is 0 Å². The number of hydrogen-bond acceptors (Lipinski definition) is 5. The van der Waals surface area contributed by atoms with Gasteiger partial charge in [0.1, 0.15) is 11.6 Å². The molecule has 0 bridgehead atoms. The molecule has 1 heterocycles. The molecule has 0 aliphatic heterocycles. The lowest BCUT2D eigenvalue weighted by Crippen LogP contribution is -2.28. The van der Waals surface area contributed by atoms with Crippen LogP contribution in [-0.2, 0) is 4.79 Å². The molecule has 24 heavy (non-hydrogen) atoms. The zero-order valence-electron chi connectivity index (χ0n) is 15.3. The van der Waals surface area contributed by atoms with Crippen molar-refractivity contribution in [3.63, 3.8) is 0 Å². The molecule has 0 unspecified atom stereocenters. The van der Waals surface area contributed by atoms with Gasteiger partial charge in [-0.2, -0.15) is 4.98 Å². The van der Waals surface area contributed by atoms with E-state index in [1.165, 1.54) is 0 Å². The van der Waals surface area contributed by atoms with E-state index in [0.29, 0.717) is 17.2 Å². The molecule has 0 spiro atoms. The van der Waals surface area contributed by atoms with Crippen molar-refractivity contribution in [3.8, 4) is 0 Å². The standard InChI is InChI=1S/C18H26N4O2/c1-10(2)14(11(3)15(19-7)22-18(6)8-9-18)16(23)21-17-20-12(4)13(5)24-17/h22H,7-9H2,1-6H3,(H,20,21,23)/b15-11-. The number of nitrogens with one attached hydrogen (secondary N) is 2. The number of aliphatic imine (C=N–C) groups is 1. The van der Waals surface area contributed by atoms with Gasteiger partial charge in [-0.05, 0) is 61.1 Å². The minimum Gasteiger partial charge on any atom is -0.428 e. The Balaban J connectivity index is 2.29. The maximum Gasteiger partial charge on any atom is 0.302 e. The minimum absolute atomic E-state index is 0.0534. The highest BCUT2D eigenvalue weighted by molar-refractivity contribution is 6.06. The summed E-state index contributed by atoms with van der Waals surface area (Å²) in [5.74, 6) is 1.06. The average molecular weight is 330 g/mol. The van der Waals surface area contributed by atoms with E-state index in [1.807, 2.05) is 34.6 Å². The predicted octanol–water partition coefficient (Wildman–Crippen LogP) is 3.64. The molecule has 130 valence electrons. The first kappa shape index (κ1) is 18.0. The van der Waals surface area contributed by atoms with Gasteiger partial charge < -0.3 is 9.73 Å². The number of hydrogen-bond donors (Lipinski definition) is 2. The van der Waals surface area contributed by atoms with Crippen LogP contribution in [0.1, 0.15) is 52.0 Å². The molecule has 1 amide bonds. The van der Waals surface area contributed by atoms with Crippen LogP contribution in [0.25, 0.3) is 0 Å². The summed E-state index contributed by atoms with van der Waals surface area (Å²) in [6.07, 6.45) is 2.18. The van der Waals surface area contributed by atoms with E-state index in [1.54, 1.807) is 0 Å². The third-order valence-corrected chi connectivity index (χ3v) is 4.28. The summed E-state index contributed by atoms with van der Waals surface area (Å²) in [5.41, 5.74) is 3.01. The topological polar surface area (TPSA) is 79.5 Å². The van der Waals surface area contributed by atoms with Crippen molar-refractivity contribution in [3.05, 3.63) is 34.0 Å². The van der Waals surface area contributed by atoms with Crippen molar-refractivity contribution in [1.29, 1.82) is 0 Å². The number of allylic oxidation sites excluding steroid dienone is 1. The molecule has 0 radical (unpaired) electrons. The lowest BCUT2D eigenvalue weighted by Gasteiger charge is -2.18. The van der Waals surface area contributed by atoms with E-state index in [9.17, 15) is 4.79 Å². The summed E-state index contributed by atoms with van der Waals surface area (Å²) in [6.45, 7) is 15.1. The number of anilines is 1. The van der Waals surface area contributed by atoms with E-state index in [-0.39, 0.29) is 17.5 Å². The monoisotopic (exact) mass is 330 g/mol. The highest BCUT2D eigenvalue weighted by atomic mass is 16.4. The zero-order chi connectivity index (χ0) is 18.1. The van der Waals surface area contributed by atoms with Crippen LogP contribution < -0.4 is 10.6 Å². The van der Waals surface area contributed by atoms with Crippen molar-refractivity contribution in [2.75, 3.05) is 5.32 Å². The smallest absolute Gasteiger partial charge is 0.302 e. The molecule has 0 aromatic carbocycles. The van der Waals surface area contributed by atoms with Crippen molar-refractivity contribution in [2.45, 2.75) is 59.9 Å². The van der Waals surface area contributed by atoms with Gasteiger partial charge >= 0.3 is 6.01 Å². The van der Waals surface area contributed by atoms with Gasteiger partial charge in [0.15, 0.2) is 0 Å². The lowest BCUT2D eigenvalue weighted by atomic mass is 10.0. The number of carbonyl (C=O) groups excluding carboxylic acids is 1. The van der Waals surface area contributed by atoms with E-state index < -0.39 is 0 Å². The molecular weight excluding hydrogens is 304 g/mol. The number of aromatic nitrogens is 1. The second-order valence-electron chi connectivity index (χ2n) is 6.81. The summed E-state index contributed by atoms with van der Waals surface area (Å²) in [7, 11) is 0. The number of nitrogens with zero attached hydrogens (tertiary/aromatic N) is 2. The fraction of sp³-hybridized carbons (Fsp3) is 0.500. The zero-order valence-corrected chi connectivity index (χ0v) is 15.3. The molecule has 2 N–H and O–H groups in total. The van der Waals surface area contributed by atoms with Gasteiger partial charge in [0.25, 0.3) is 5.91 Å².